The van der Waals surface area contributed by atoms with Crippen molar-refractivity contribution >= 4 is 15.7 Å². The summed E-state index contributed by atoms with van der Waals surface area (Å²) in [5.74, 6) is -0.611. The molecular weight excluding hydrogens is 257 g/mol. The van der Waals surface area contributed by atoms with Gasteiger partial charge in [-0.2, -0.15) is 0 Å². The van der Waals surface area contributed by atoms with Gasteiger partial charge >= 0.3 is 0 Å². The van der Waals surface area contributed by atoms with Crippen molar-refractivity contribution < 1.29 is 12.8 Å². The van der Waals surface area contributed by atoms with Crippen molar-refractivity contribution in [3.63, 3.8) is 0 Å². The van der Waals surface area contributed by atoms with E-state index in [0.717, 1.165) is 12.1 Å². The zero-order chi connectivity index (χ0) is 13.9. The van der Waals surface area contributed by atoms with Gasteiger partial charge < -0.3 is 10.6 Å². The Labute approximate surface area is 107 Å². The maximum Gasteiger partial charge on any atom is 0.240 e. The minimum Gasteiger partial charge on any atom is -0.396 e. The third kappa shape index (κ3) is 3.66. The molecule has 7 heteroatoms. The van der Waals surface area contributed by atoms with Crippen LogP contribution in [-0.4, -0.2) is 40.5 Å². The van der Waals surface area contributed by atoms with Crippen molar-refractivity contribution in [2.24, 2.45) is 0 Å². The molecule has 3 N–H and O–H groups in total. The quantitative estimate of drug-likeness (QED) is 0.770. The second-order valence-electron chi connectivity index (χ2n) is 4.34. The molecule has 1 rings (SSSR count). The fourth-order valence-electron chi connectivity index (χ4n) is 1.44. The highest BCUT2D eigenvalue weighted by Gasteiger charge is 2.18. The maximum absolute atomic E-state index is 13.2. The van der Waals surface area contributed by atoms with Crippen LogP contribution < -0.4 is 10.5 Å². The first-order valence-electron chi connectivity index (χ1n) is 5.44. The number of nitrogens with two attached hydrogens (primary N) is 1. The van der Waals surface area contributed by atoms with Gasteiger partial charge in [-0.05, 0) is 38.7 Å². The fourth-order valence-corrected chi connectivity index (χ4v) is 2.72. The molecule has 102 valence electrons. The highest BCUT2D eigenvalue weighted by Crippen LogP contribution is 2.21. The van der Waals surface area contributed by atoms with E-state index in [0.29, 0.717) is 12.1 Å². The largest absolute Gasteiger partial charge is 0.396 e. The Kier molecular flexibility index (Phi) is 4.66. The number of hydrogen-bond donors (Lipinski definition) is 2. The number of halogens is 1. The van der Waals surface area contributed by atoms with Gasteiger partial charge in [0.15, 0.2) is 0 Å². The summed E-state index contributed by atoms with van der Waals surface area (Å²) in [5.41, 5.74) is 5.55. The molecule has 5 nitrogen and oxygen atoms in total. The summed E-state index contributed by atoms with van der Waals surface area (Å²) in [5, 5.41) is 0. The molecule has 0 radical (unpaired) electrons. The first kappa shape index (κ1) is 14.9. The Morgan fingerprint density at radius 3 is 2.56 bits per heavy atom. The van der Waals surface area contributed by atoms with Crippen molar-refractivity contribution in [1.82, 2.24) is 9.62 Å². The van der Waals surface area contributed by atoms with Crippen molar-refractivity contribution in [2.45, 2.75) is 11.8 Å². The molecule has 1 aromatic rings. The Morgan fingerprint density at radius 1 is 1.39 bits per heavy atom. The van der Waals surface area contributed by atoms with E-state index in [-0.39, 0.29) is 17.1 Å². The number of hydrogen-bond acceptors (Lipinski definition) is 4. The molecule has 0 aromatic heterocycles. The van der Waals surface area contributed by atoms with Crippen LogP contribution in [0.15, 0.2) is 17.0 Å². The Bertz CT molecular complexity index is 529. The number of aryl methyl sites for hydroxylation is 1. The number of anilines is 1. The molecule has 0 aliphatic rings. The van der Waals surface area contributed by atoms with Crippen LogP contribution in [0.5, 0.6) is 0 Å². The number of sulfonamides is 1. The predicted octanol–water partition coefficient (Wildman–Crippen LogP) is 0.556. The first-order chi connectivity index (χ1) is 8.24. The third-order valence-corrected chi connectivity index (χ3v) is 4.04. The van der Waals surface area contributed by atoms with Crippen molar-refractivity contribution in [3.05, 3.63) is 23.5 Å². The zero-order valence-corrected chi connectivity index (χ0v) is 11.5. The van der Waals surface area contributed by atoms with Crippen LogP contribution in [0.3, 0.4) is 0 Å². The molecule has 1 aromatic carbocycles. The monoisotopic (exact) mass is 275 g/mol. The lowest BCUT2D eigenvalue weighted by atomic mass is 10.2. The topological polar surface area (TPSA) is 75.4 Å². The molecule has 0 amide bonds. The Balaban J connectivity index is 2.95. The van der Waals surface area contributed by atoms with Gasteiger partial charge in [-0.15, -0.1) is 0 Å². The standard InChI is InChI=1S/C11H18FN3O2S/c1-8-6-9(12)10(13)7-11(8)18(16,17)14-4-5-15(2)3/h6-7,14H,4-5,13H2,1-3H3. The molecule has 0 aliphatic heterocycles. The van der Waals surface area contributed by atoms with Crippen LogP contribution in [0, 0.1) is 12.7 Å². The van der Waals surface area contributed by atoms with E-state index >= 15 is 0 Å². The van der Waals surface area contributed by atoms with Gasteiger partial charge in [0.05, 0.1) is 10.6 Å². The van der Waals surface area contributed by atoms with Crippen LogP contribution in [0.2, 0.25) is 0 Å². The molecule has 0 bridgehead atoms. The Morgan fingerprint density at radius 2 is 2.00 bits per heavy atom. The molecule has 0 spiro atoms. The highest BCUT2D eigenvalue weighted by molar-refractivity contribution is 7.89. The first-order valence-corrected chi connectivity index (χ1v) is 6.92. The number of benzene rings is 1. The predicted molar refractivity (Wildman–Crippen MR) is 69.3 cm³/mol. The van der Waals surface area contributed by atoms with Gasteiger partial charge in [0.2, 0.25) is 10.0 Å². The van der Waals surface area contributed by atoms with Gasteiger partial charge in [0.25, 0.3) is 0 Å². The van der Waals surface area contributed by atoms with Gasteiger partial charge in [0.1, 0.15) is 5.82 Å². The summed E-state index contributed by atoms with van der Waals surface area (Å²) in [6.07, 6.45) is 0. The van der Waals surface area contributed by atoms with E-state index in [1.54, 1.807) is 0 Å². The molecule has 0 saturated carbocycles. The second kappa shape index (κ2) is 5.64. The lowest BCUT2D eigenvalue weighted by molar-refractivity contribution is 0.412. The van der Waals surface area contributed by atoms with E-state index < -0.39 is 15.8 Å². The Hall–Kier alpha value is -1.18. The van der Waals surface area contributed by atoms with E-state index in [1.807, 2.05) is 19.0 Å². The van der Waals surface area contributed by atoms with E-state index in [1.165, 1.54) is 6.92 Å². The molecule has 0 atom stereocenters. The molecular formula is C11H18FN3O2S. The van der Waals surface area contributed by atoms with Gasteiger partial charge in [-0.25, -0.2) is 17.5 Å². The molecule has 0 saturated heterocycles. The summed E-state index contributed by atoms with van der Waals surface area (Å²) < 4.78 is 39.6. The summed E-state index contributed by atoms with van der Waals surface area (Å²) in [7, 11) is 0.0362. The number of likely N-dealkylation sites (N-methyl/N-ethyl adjacent to an activating group) is 1. The summed E-state index contributed by atoms with van der Waals surface area (Å²) in [6.45, 7) is 2.39. The fraction of sp³-hybridized carbons (Fsp3) is 0.455. The smallest absolute Gasteiger partial charge is 0.240 e. The minimum absolute atomic E-state index is 0.0140. The molecule has 18 heavy (non-hydrogen) atoms. The number of rotatable bonds is 5. The van der Waals surface area contributed by atoms with Crippen LogP contribution in [-0.2, 0) is 10.0 Å². The lowest BCUT2D eigenvalue weighted by Crippen LogP contribution is -2.31. The van der Waals surface area contributed by atoms with Gasteiger partial charge in [-0.3, -0.25) is 0 Å². The third-order valence-electron chi connectivity index (χ3n) is 2.43. The lowest BCUT2D eigenvalue weighted by Gasteiger charge is -2.13. The van der Waals surface area contributed by atoms with Crippen LogP contribution in [0.4, 0.5) is 10.1 Å². The summed E-state index contributed by atoms with van der Waals surface area (Å²) in [4.78, 5) is 1.87. The number of nitrogen functional groups attached to an aromatic ring is 1. The molecule has 0 unspecified atom stereocenters. The highest BCUT2D eigenvalue weighted by atomic mass is 32.2. The maximum atomic E-state index is 13.2. The summed E-state index contributed by atoms with van der Waals surface area (Å²) in [6, 6.07) is 2.26. The van der Waals surface area contributed by atoms with E-state index in [4.69, 9.17) is 5.73 Å². The molecule has 0 fully saturated rings. The molecule has 0 aliphatic carbocycles. The van der Waals surface area contributed by atoms with Gasteiger partial charge in [-0.1, -0.05) is 0 Å². The second-order valence-corrected chi connectivity index (χ2v) is 6.08. The van der Waals surface area contributed by atoms with Crippen LogP contribution >= 0.6 is 0 Å². The number of nitrogens with one attached hydrogen (secondary N) is 1. The van der Waals surface area contributed by atoms with Crippen molar-refractivity contribution in [1.29, 1.82) is 0 Å². The average molecular weight is 275 g/mol. The van der Waals surface area contributed by atoms with E-state index in [9.17, 15) is 12.8 Å². The van der Waals surface area contributed by atoms with Crippen LogP contribution in [0.25, 0.3) is 0 Å². The van der Waals surface area contributed by atoms with Crippen molar-refractivity contribution in [2.75, 3.05) is 32.9 Å². The van der Waals surface area contributed by atoms with Crippen molar-refractivity contribution in [3.8, 4) is 0 Å². The molecule has 0 heterocycles. The summed E-state index contributed by atoms with van der Waals surface area (Å²) >= 11 is 0. The number of nitrogens with zero attached hydrogens (tertiary/aromatic N) is 1. The van der Waals surface area contributed by atoms with Gasteiger partial charge in [0, 0.05) is 13.1 Å². The average Bonchev–Trinajstić information content (AvgIpc) is 2.22. The normalized spacial score (nSPS) is 12.1. The van der Waals surface area contributed by atoms with E-state index in [2.05, 4.69) is 4.72 Å². The van der Waals surface area contributed by atoms with Crippen LogP contribution in [0.1, 0.15) is 5.56 Å². The zero-order valence-electron chi connectivity index (χ0n) is 10.7. The minimum atomic E-state index is -3.65. The SMILES string of the molecule is Cc1cc(F)c(N)cc1S(=O)(=O)NCCN(C)C.